The molecular formula is C27H44N4O7. The fourth-order valence-corrected chi connectivity index (χ4v) is 4.84. The first-order valence-electron chi connectivity index (χ1n) is 13.6. The molecule has 3 aliphatic rings. The van der Waals surface area contributed by atoms with Gasteiger partial charge in [0.15, 0.2) is 6.10 Å². The van der Waals surface area contributed by atoms with Crippen molar-refractivity contribution in [1.29, 1.82) is 0 Å². The van der Waals surface area contributed by atoms with Crippen molar-refractivity contribution in [2.24, 2.45) is 5.41 Å². The van der Waals surface area contributed by atoms with E-state index in [4.69, 9.17) is 14.2 Å². The molecule has 38 heavy (non-hydrogen) atoms. The smallest absolute Gasteiger partial charge is 0.408 e. The number of rotatable bonds is 11. The van der Waals surface area contributed by atoms with Crippen molar-refractivity contribution >= 4 is 23.8 Å². The van der Waals surface area contributed by atoms with Crippen molar-refractivity contribution in [2.75, 3.05) is 26.9 Å². The first-order valence-corrected chi connectivity index (χ1v) is 13.6. The van der Waals surface area contributed by atoms with Gasteiger partial charge >= 0.3 is 6.09 Å². The molecule has 0 aromatic rings. The molecule has 0 aromatic carbocycles. The van der Waals surface area contributed by atoms with E-state index in [9.17, 15) is 19.2 Å². The third kappa shape index (κ3) is 7.92. The maximum atomic E-state index is 13.8. The van der Waals surface area contributed by atoms with Crippen molar-refractivity contribution in [1.82, 2.24) is 20.9 Å². The normalized spacial score (nSPS) is 23.9. The van der Waals surface area contributed by atoms with E-state index in [0.717, 1.165) is 24.8 Å². The molecule has 214 valence electrons. The summed E-state index contributed by atoms with van der Waals surface area (Å²) in [6.07, 6.45) is 2.17. The minimum Gasteiger partial charge on any atom is -0.444 e. The van der Waals surface area contributed by atoms with Crippen LogP contribution in [0.2, 0.25) is 0 Å². The predicted octanol–water partition coefficient (Wildman–Crippen LogP) is 1.65. The Bertz CT molecular complexity index is 892. The van der Waals surface area contributed by atoms with Gasteiger partial charge < -0.3 is 35.1 Å². The largest absolute Gasteiger partial charge is 0.444 e. The van der Waals surface area contributed by atoms with Crippen molar-refractivity contribution < 1.29 is 33.4 Å². The topological polar surface area (TPSA) is 135 Å². The second-order valence-electron chi connectivity index (χ2n) is 11.6. The minimum absolute atomic E-state index is 0.166. The van der Waals surface area contributed by atoms with Gasteiger partial charge in [0.05, 0.1) is 19.3 Å². The van der Waals surface area contributed by atoms with Crippen LogP contribution >= 0.6 is 0 Å². The monoisotopic (exact) mass is 536 g/mol. The molecule has 0 bridgehead atoms. The van der Waals surface area contributed by atoms with Crippen LogP contribution in [-0.4, -0.2) is 92.0 Å². The average Bonchev–Trinajstić information content (AvgIpc) is 3.33. The lowest BCUT2D eigenvalue weighted by molar-refractivity contribution is -0.143. The zero-order chi connectivity index (χ0) is 28.0. The zero-order valence-electron chi connectivity index (χ0n) is 23.3. The van der Waals surface area contributed by atoms with Crippen LogP contribution in [0.3, 0.4) is 0 Å². The second-order valence-corrected chi connectivity index (χ2v) is 11.6. The molecule has 1 saturated carbocycles. The van der Waals surface area contributed by atoms with Gasteiger partial charge in [0.1, 0.15) is 18.2 Å². The molecule has 4 amide bonds. The van der Waals surface area contributed by atoms with Gasteiger partial charge in [0.25, 0.3) is 5.91 Å². The Morgan fingerprint density at radius 2 is 1.87 bits per heavy atom. The SMILES string of the molecule is C=C1C[C@@H](C(=O)N[C@@H](CCC)C(OC)C(=O)NC2CC2)N(C(=O)C(NC(=O)O[C@H]2CCOC2)C(C)(C)C)C1. The number of alkyl carbamates (subject to hydrolysis) is 1. The van der Waals surface area contributed by atoms with E-state index in [2.05, 4.69) is 22.5 Å². The highest BCUT2D eigenvalue weighted by atomic mass is 16.6. The summed E-state index contributed by atoms with van der Waals surface area (Å²) in [5.74, 6) is -1.02. The fourth-order valence-electron chi connectivity index (χ4n) is 4.84. The van der Waals surface area contributed by atoms with E-state index in [1.165, 1.54) is 12.0 Å². The molecule has 11 nitrogen and oxygen atoms in total. The van der Waals surface area contributed by atoms with Crippen molar-refractivity contribution in [3.8, 4) is 0 Å². The van der Waals surface area contributed by atoms with Gasteiger partial charge in [-0.1, -0.05) is 46.3 Å². The van der Waals surface area contributed by atoms with Crippen LogP contribution in [0.4, 0.5) is 4.79 Å². The summed E-state index contributed by atoms with van der Waals surface area (Å²) in [6, 6.07) is -2.13. The van der Waals surface area contributed by atoms with E-state index >= 15 is 0 Å². The van der Waals surface area contributed by atoms with E-state index in [1.54, 1.807) is 0 Å². The molecular weight excluding hydrogens is 492 g/mol. The molecule has 3 fully saturated rings. The molecule has 2 saturated heterocycles. The van der Waals surface area contributed by atoms with Crippen molar-refractivity contribution in [2.45, 2.75) is 103 Å². The van der Waals surface area contributed by atoms with E-state index in [-0.39, 0.29) is 30.5 Å². The maximum Gasteiger partial charge on any atom is 0.408 e. The highest BCUT2D eigenvalue weighted by Gasteiger charge is 2.44. The number of ether oxygens (including phenoxy) is 3. The molecule has 5 atom stereocenters. The summed E-state index contributed by atoms with van der Waals surface area (Å²) in [4.78, 5) is 54.2. The van der Waals surface area contributed by atoms with Crippen molar-refractivity contribution in [3.05, 3.63) is 12.2 Å². The Morgan fingerprint density at radius 3 is 2.42 bits per heavy atom. The number of amides is 4. The molecule has 0 radical (unpaired) electrons. The summed E-state index contributed by atoms with van der Waals surface area (Å²) in [6.45, 7) is 12.6. The number of carbonyl (C=O) groups excluding carboxylic acids is 4. The molecule has 0 aromatic heterocycles. The van der Waals surface area contributed by atoms with Gasteiger partial charge in [-0.3, -0.25) is 14.4 Å². The van der Waals surface area contributed by atoms with Crippen LogP contribution in [0.25, 0.3) is 0 Å². The third-order valence-corrected chi connectivity index (χ3v) is 7.10. The lowest BCUT2D eigenvalue weighted by Crippen LogP contribution is -2.59. The average molecular weight is 537 g/mol. The number of likely N-dealkylation sites (tertiary alicyclic amines) is 1. The van der Waals surface area contributed by atoms with Crippen molar-refractivity contribution in [3.63, 3.8) is 0 Å². The number of nitrogens with zero attached hydrogens (tertiary/aromatic N) is 1. The Kier molecular flexibility index (Phi) is 10.2. The second kappa shape index (κ2) is 12.9. The number of hydrogen-bond donors (Lipinski definition) is 3. The molecule has 2 aliphatic heterocycles. The zero-order valence-corrected chi connectivity index (χ0v) is 23.3. The fraction of sp³-hybridized carbons (Fsp3) is 0.778. The van der Waals surface area contributed by atoms with Gasteiger partial charge in [0.2, 0.25) is 11.8 Å². The lowest BCUT2D eigenvalue weighted by atomic mass is 9.85. The Morgan fingerprint density at radius 1 is 1.16 bits per heavy atom. The van der Waals surface area contributed by atoms with Gasteiger partial charge in [-0.25, -0.2) is 4.79 Å². The minimum atomic E-state index is -0.930. The summed E-state index contributed by atoms with van der Waals surface area (Å²) >= 11 is 0. The quantitative estimate of drug-likeness (QED) is 0.342. The van der Waals surface area contributed by atoms with Gasteiger partial charge in [-0.2, -0.15) is 0 Å². The Balaban J connectivity index is 1.72. The maximum absolute atomic E-state index is 13.8. The molecule has 0 spiro atoms. The number of nitrogens with one attached hydrogen (secondary N) is 3. The van der Waals surface area contributed by atoms with Crippen LogP contribution in [0.15, 0.2) is 12.2 Å². The van der Waals surface area contributed by atoms with Crippen LogP contribution in [0, 0.1) is 5.41 Å². The summed E-state index contributed by atoms with van der Waals surface area (Å²) in [7, 11) is 1.45. The highest BCUT2D eigenvalue weighted by Crippen LogP contribution is 2.28. The Hall–Kier alpha value is -2.66. The van der Waals surface area contributed by atoms with Crippen LogP contribution in [0.1, 0.15) is 66.2 Å². The lowest BCUT2D eigenvalue weighted by Gasteiger charge is -2.35. The summed E-state index contributed by atoms with van der Waals surface area (Å²) < 4.78 is 16.2. The third-order valence-electron chi connectivity index (χ3n) is 7.10. The van der Waals surface area contributed by atoms with E-state index in [1.807, 2.05) is 27.7 Å². The summed E-state index contributed by atoms with van der Waals surface area (Å²) in [5, 5.41) is 8.63. The molecule has 2 unspecified atom stereocenters. The van der Waals surface area contributed by atoms with E-state index < -0.39 is 41.6 Å². The number of hydrogen-bond acceptors (Lipinski definition) is 7. The Labute approximate surface area is 225 Å². The van der Waals surface area contributed by atoms with Crippen LogP contribution in [0.5, 0.6) is 0 Å². The van der Waals surface area contributed by atoms with E-state index in [0.29, 0.717) is 32.5 Å². The van der Waals surface area contributed by atoms with Crippen LogP contribution < -0.4 is 16.0 Å². The molecule has 3 rings (SSSR count). The molecule has 11 heteroatoms. The molecule has 3 N–H and O–H groups in total. The van der Waals surface area contributed by atoms with Gasteiger partial charge in [0, 0.05) is 26.1 Å². The van der Waals surface area contributed by atoms with Gasteiger partial charge in [-0.15, -0.1) is 0 Å². The summed E-state index contributed by atoms with van der Waals surface area (Å²) in [5.41, 5.74) is 0.0821. The highest BCUT2D eigenvalue weighted by molar-refractivity contribution is 5.93. The first kappa shape index (κ1) is 29.9. The molecule has 2 heterocycles. The first-order chi connectivity index (χ1) is 17.9. The number of methoxy groups -OCH3 is 1. The van der Waals surface area contributed by atoms with Crippen LogP contribution in [-0.2, 0) is 28.6 Å². The van der Waals surface area contributed by atoms with Gasteiger partial charge in [-0.05, 0) is 31.1 Å². The standard InChI is InChI=1S/C27H44N4O7/c1-7-8-19(21(36-6)24(33)28-17-9-10-17)29-23(32)20-13-16(2)14-31(20)25(34)22(27(3,4)5)30-26(35)38-18-11-12-37-15-18/h17-22H,2,7-15H2,1,3-6H3,(H,28,33)(H,29,32)(H,30,35)/t18-,19-,20-,21?,22?/m0/s1. The molecule has 1 aliphatic carbocycles. The predicted molar refractivity (Wildman–Crippen MR) is 140 cm³/mol. The number of carbonyl (C=O) groups is 4.